The smallest absolute Gasteiger partial charge is 0.120 e. The van der Waals surface area contributed by atoms with Crippen molar-refractivity contribution in [1.29, 1.82) is 0 Å². The second-order valence-corrected chi connectivity index (χ2v) is 10.3. The first kappa shape index (κ1) is 19.6. The van der Waals surface area contributed by atoms with Crippen molar-refractivity contribution in [3.8, 4) is 5.75 Å². The molecule has 29 heavy (non-hydrogen) atoms. The van der Waals surface area contributed by atoms with E-state index >= 15 is 0 Å². The lowest BCUT2D eigenvalue weighted by molar-refractivity contribution is 0.0494. The Morgan fingerprint density at radius 3 is 2.34 bits per heavy atom. The van der Waals surface area contributed by atoms with E-state index in [4.69, 9.17) is 4.74 Å². The van der Waals surface area contributed by atoms with E-state index in [1.165, 1.54) is 43.3 Å². The van der Waals surface area contributed by atoms with Crippen LogP contribution in [0.4, 0.5) is 0 Å². The molecule has 3 aliphatic rings. The number of hydrogen-bond donors (Lipinski definition) is 0. The summed E-state index contributed by atoms with van der Waals surface area (Å²) < 4.78 is 22.5. The number of piperidine rings is 2. The molecule has 5 nitrogen and oxygen atoms in total. The quantitative estimate of drug-likeness (QED) is 0.742. The molecule has 0 radical (unpaired) electrons. The molecule has 158 valence electrons. The van der Waals surface area contributed by atoms with Gasteiger partial charge in [0.1, 0.15) is 11.9 Å². The summed E-state index contributed by atoms with van der Waals surface area (Å²) in [5.74, 6) is 1.01. The minimum atomic E-state index is -0.846. The first-order valence-electron chi connectivity index (χ1n) is 11.3. The summed E-state index contributed by atoms with van der Waals surface area (Å²) in [7, 11) is -0.846. The fourth-order valence-electron chi connectivity index (χ4n) is 5.21. The van der Waals surface area contributed by atoms with E-state index in [2.05, 4.69) is 44.2 Å². The van der Waals surface area contributed by atoms with Crippen molar-refractivity contribution in [2.75, 3.05) is 32.4 Å². The molecule has 1 aromatic carbocycles. The third-order valence-electron chi connectivity index (χ3n) is 7.24. The van der Waals surface area contributed by atoms with Gasteiger partial charge in [-0.3, -0.25) is 0 Å². The molecule has 2 aliphatic heterocycles. The molecule has 6 heteroatoms. The van der Waals surface area contributed by atoms with E-state index in [-0.39, 0.29) is 0 Å². The molecule has 0 spiro atoms. The Hall–Kier alpha value is -1.37. The maximum absolute atomic E-state index is 11.7. The van der Waals surface area contributed by atoms with E-state index < -0.39 is 11.0 Å². The predicted molar refractivity (Wildman–Crippen MR) is 119 cm³/mol. The van der Waals surface area contributed by atoms with Crippen molar-refractivity contribution in [3.63, 3.8) is 0 Å². The molecule has 3 heterocycles. The maximum Gasteiger partial charge on any atom is 0.120 e. The number of ether oxygens (including phenoxy) is 1. The normalized spacial score (nSPS) is 24.6. The standard InChI is InChI=1S/C23H33N3O2S/c1-29(27)25-14-8-20(9-15-25)26-16-7-18-17-22(5-6-23(18)26)28-21-10-12-24(13-11-21)19-3-2-4-19/h5-7,16-17,19-21H,2-4,8-15H2,1H3. The van der Waals surface area contributed by atoms with Crippen LogP contribution in [-0.2, 0) is 11.0 Å². The van der Waals surface area contributed by atoms with Crippen LogP contribution in [-0.4, -0.2) is 62.6 Å². The topological polar surface area (TPSA) is 37.7 Å². The van der Waals surface area contributed by atoms with Gasteiger partial charge in [-0.1, -0.05) is 6.42 Å². The van der Waals surface area contributed by atoms with Gasteiger partial charge >= 0.3 is 0 Å². The third kappa shape index (κ3) is 4.12. The number of rotatable bonds is 5. The highest BCUT2D eigenvalue weighted by atomic mass is 32.2. The zero-order valence-electron chi connectivity index (χ0n) is 17.5. The molecule has 1 atom stereocenters. The molecular weight excluding hydrogens is 382 g/mol. The van der Waals surface area contributed by atoms with Crippen LogP contribution in [0, 0.1) is 0 Å². The lowest BCUT2D eigenvalue weighted by Gasteiger charge is -2.41. The maximum atomic E-state index is 11.7. The van der Waals surface area contributed by atoms with E-state index in [0.29, 0.717) is 12.1 Å². The summed E-state index contributed by atoms with van der Waals surface area (Å²) in [6.45, 7) is 4.20. The molecule has 0 bridgehead atoms. The molecule has 0 amide bonds. The summed E-state index contributed by atoms with van der Waals surface area (Å²) >= 11 is 0. The Morgan fingerprint density at radius 1 is 0.931 bits per heavy atom. The van der Waals surface area contributed by atoms with Crippen LogP contribution < -0.4 is 4.74 Å². The van der Waals surface area contributed by atoms with Crippen LogP contribution in [0.15, 0.2) is 30.5 Å². The van der Waals surface area contributed by atoms with E-state index in [9.17, 15) is 4.21 Å². The van der Waals surface area contributed by atoms with Gasteiger partial charge in [0.05, 0.1) is 11.0 Å². The number of fused-ring (bicyclic) bond motifs is 1. The summed E-state index contributed by atoms with van der Waals surface area (Å²) in [6.07, 6.45) is 13.0. The summed E-state index contributed by atoms with van der Waals surface area (Å²) in [5.41, 5.74) is 1.29. The number of hydrogen-bond acceptors (Lipinski definition) is 3. The van der Waals surface area contributed by atoms with Gasteiger partial charge in [0, 0.05) is 61.6 Å². The minimum Gasteiger partial charge on any atom is -0.490 e. The molecular formula is C23H33N3O2S. The number of aromatic nitrogens is 1. The molecule has 0 N–H and O–H groups in total. The Balaban J connectivity index is 1.21. The van der Waals surface area contributed by atoms with Gasteiger partial charge in [0.15, 0.2) is 0 Å². The van der Waals surface area contributed by atoms with E-state index in [0.717, 1.165) is 50.6 Å². The van der Waals surface area contributed by atoms with Gasteiger partial charge in [-0.15, -0.1) is 0 Å². The van der Waals surface area contributed by atoms with E-state index in [1.54, 1.807) is 6.26 Å². The monoisotopic (exact) mass is 415 g/mol. The second kappa shape index (κ2) is 8.40. The lowest BCUT2D eigenvalue weighted by atomic mass is 9.90. The van der Waals surface area contributed by atoms with Crippen LogP contribution in [0.25, 0.3) is 10.9 Å². The van der Waals surface area contributed by atoms with Gasteiger partial charge in [-0.2, -0.15) is 0 Å². The number of benzene rings is 1. The molecule has 1 aromatic heterocycles. The van der Waals surface area contributed by atoms with Crippen molar-refractivity contribution in [1.82, 2.24) is 13.8 Å². The zero-order valence-corrected chi connectivity index (χ0v) is 18.3. The van der Waals surface area contributed by atoms with Crippen molar-refractivity contribution in [2.45, 2.75) is 63.1 Å². The Morgan fingerprint density at radius 2 is 1.69 bits per heavy atom. The van der Waals surface area contributed by atoms with Gasteiger partial charge in [0.2, 0.25) is 0 Å². The molecule has 1 saturated carbocycles. The fourth-order valence-corrected chi connectivity index (χ4v) is 5.94. The minimum absolute atomic E-state index is 0.352. The van der Waals surface area contributed by atoms with Crippen LogP contribution in [0.1, 0.15) is 51.0 Å². The van der Waals surface area contributed by atoms with E-state index in [1.807, 2.05) is 0 Å². The zero-order chi connectivity index (χ0) is 19.8. The third-order valence-corrected chi connectivity index (χ3v) is 8.34. The van der Waals surface area contributed by atoms with Crippen LogP contribution >= 0.6 is 0 Å². The molecule has 1 unspecified atom stereocenters. The molecule has 3 fully saturated rings. The van der Waals surface area contributed by atoms with Gasteiger partial charge < -0.3 is 14.2 Å². The van der Waals surface area contributed by atoms with Gasteiger partial charge in [-0.05, 0) is 62.8 Å². The highest BCUT2D eigenvalue weighted by Crippen LogP contribution is 2.32. The fraction of sp³-hybridized carbons (Fsp3) is 0.652. The average molecular weight is 416 g/mol. The van der Waals surface area contributed by atoms with Gasteiger partial charge in [0.25, 0.3) is 0 Å². The van der Waals surface area contributed by atoms with Crippen molar-refractivity contribution in [2.24, 2.45) is 0 Å². The van der Waals surface area contributed by atoms with Gasteiger partial charge in [-0.25, -0.2) is 8.51 Å². The highest BCUT2D eigenvalue weighted by Gasteiger charge is 2.29. The Bertz CT molecular complexity index is 862. The molecule has 2 saturated heterocycles. The first-order valence-corrected chi connectivity index (χ1v) is 12.8. The second-order valence-electron chi connectivity index (χ2n) is 8.97. The van der Waals surface area contributed by atoms with Crippen molar-refractivity contribution < 1.29 is 8.95 Å². The predicted octanol–water partition coefficient (Wildman–Crippen LogP) is 3.97. The Kier molecular flexibility index (Phi) is 5.67. The SMILES string of the molecule is CS(=O)N1CCC(n2ccc3cc(OC4CCN(C5CCC5)CC4)ccc32)CC1. The summed E-state index contributed by atoms with van der Waals surface area (Å²) in [6, 6.07) is 10.1. The molecule has 2 aromatic rings. The average Bonchev–Trinajstić information content (AvgIpc) is 3.11. The van der Waals surface area contributed by atoms with Crippen LogP contribution in [0.5, 0.6) is 5.75 Å². The van der Waals surface area contributed by atoms with Crippen LogP contribution in [0.3, 0.4) is 0 Å². The number of nitrogens with zero attached hydrogens (tertiary/aromatic N) is 3. The first-order chi connectivity index (χ1) is 14.2. The molecule has 5 rings (SSSR count). The largest absolute Gasteiger partial charge is 0.490 e. The summed E-state index contributed by atoms with van der Waals surface area (Å²) in [4.78, 5) is 2.67. The van der Waals surface area contributed by atoms with Crippen molar-refractivity contribution in [3.05, 3.63) is 30.5 Å². The lowest BCUT2D eigenvalue weighted by Crippen LogP contribution is -2.46. The van der Waals surface area contributed by atoms with Crippen LogP contribution in [0.2, 0.25) is 0 Å². The number of likely N-dealkylation sites (tertiary alicyclic amines) is 1. The highest BCUT2D eigenvalue weighted by molar-refractivity contribution is 7.81. The Labute approximate surface area is 176 Å². The van der Waals surface area contributed by atoms with Crippen molar-refractivity contribution >= 4 is 21.9 Å². The molecule has 1 aliphatic carbocycles. The summed E-state index contributed by atoms with van der Waals surface area (Å²) in [5, 5.41) is 1.26.